The highest BCUT2D eigenvalue weighted by Gasteiger charge is 2.20. The molecule has 0 radical (unpaired) electrons. The molecule has 2 aromatic heterocycles. The van der Waals surface area contributed by atoms with Crippen molar-refractivity contribution < 1.29 is 9.53 Å². The molecule has 0 saturated heterocycles. The van der Waals surface area contributed by atoms with Crippen molar-refractivity contribution in [2.75, 3.05) is 6.61 Å². The van der Waals surface area contributed by atoms with E-state index in [2.05, 4.69) is 9.97 Å². The number of esters is 1. The number of H-pyrrole nitrogens is 1. The van der Waals surface area contributed by atoms with E-state index in [-0.39, 0.29) is 23.6 Å². The maximum absolute atomic E-state index is 12.6. The van der Waals surface area contributed by atoms with Gasteiger partial charge in [0.15, 0.2) is 0 Å². The molecule has 0 unspecified atom stereocenters. The largest absolute Gasteiger partial charge is 0.462 e. The van der Waals surface area contributed by atoms with Gasteiger partial charge in [-0.05, 0) is 57.4 Å². The lowest BCUT2D eigenvalue weighted by molar-refractivity contribution is -0.136. The number of carbonyl (C=O) groups is 1. The molecule has 140 valence electrons. The van der Waals surface area contributed by atoms with E-state index < -0.39 is 5.97 Å². The Hall–Kier alpha value is -2.73. The number of carbonyl (C=O) groups excluding carboxylic acids is 1. The molecule has 0 aliphatic rings. The van der Waals surface area contributed by atoms with E-state index in [0.29, 0.717) is 10.2 Å². The van der Waals surface area contributed by atoms with Gasteiger partial charge in [-0.15, -0.1) is 11.3 Å². The topological polar surface area (TPSA) is 72.0 Å². The van der Waals surface area contributed by atoms with Gasteiger partial charge in [-0.3, -0.25) is 4.79 Å². The van der Waals surface area contributed by atoms with Gasteiger partial charge in [0.05, 0.1) is 12.0 Å². The van der Waals surface area contributed by atoms with Gasteiger partial charge in [0.25, 0.3) is 5.56 Å². The zero-order valence-electron chi connectivity index (χ0n) is 16.1. The molecule has 0 spiro atoms. The summed E-state index contributed by atoms with van der Waals surface area (Å²) >= 11 is 1.45. The number of hydrogen-bond acceptors (Lipinski definition) is 5. The number of ether oxygens (including phenoxy) is 1. The van der Waals surface area contributed by atoms with Crippen molar-refractivity contribution in [1.82, 2.24) is 9.97 Å². The highest BCUT2D eigenvalue weighted by Crippen LogP contribution is 2.27. The van der Waals surface area contributed by atoms with Crippen LogP contribution in [0.4, 0.5) is 0 Å². The number of hydrogen-bond donors (Lipinski definition) is 1. The first-order chi connectivity index (χ1) is 12.8. The van der Waals surface area contributed by atoms with Crippen LogP contribution in [0.3, 0.4) is 0 Å². The van der Waals surface area contributed by atoms with Gasteiger partial charge < -0.3 is 9.72 Å². The summed E-state index contributed by atoms with van der Waals surface area (Å²) in [5, 5.41) is 0.580. The molecule has 0 fully saturated rings. The predicted molar refractivity (Wildman–Crippen MR) is 110 cm³/mol. The molecule has 1 aromatic carbocycles. The van der Waals surface area contributed by atoms with Crippen LogP contribution < -0.4 is 5.56 Å². The average Bonchev–Trinajstić information content (AvgIpc) is 2.90. The third-order valence-electron chi connectivity index (χ3n) is 4.52. The van der Waals surface area contributed by atoms with Gasteiger partial charge in [0, 0.05) is 4.88 Å². The molecule has 0 bridgehead atoms. The molecule has 3 aromatic rings. The Kier molecular flexibility index (Phi) is 5.28. The Labute approximate surface area is 161 Å². The zero-order chi connectivity index (χ0) is 19.7. The first-order valence-electron chi connectivity index (χ1n) is 8.78. The van der Waals surface area contributed by atoms with Gasteiger partial charge in [0.2, 0.25) is 0 Å². The molecule has 2 heterocycles. The van der Waals surface area contributed by atoms with Crippen LogP contribution in [0.15, 0.2) is 23.0 Å². The van der Waals surface area contributed by atoms with Crippen LogP contribution in [0.5, 0.6) is 0 Å². The number of nitrogens with one attached hydrogen (secondary N) is 1. The van der Waals surface area contributed by atoms with Gasteiger partial charge >= 0.3 is 5.97 Å². The lowest BCUT2D eigenvalue weighted by Gasteiger charge is -2.09. The summed E-state index contributed by atoms with van der Waals surface area (Å²) < 4.78 is 5.22. The zero-order valence-corrected chi connectivity index (χ0v) is 16.9. The van der Waals surface area contributed by atoms with Crippen LogP contribution in [0, 0.1) is 27.7 Å². The van der Waals surface area contributed by atoms with E-state index in [4.69, 9.17) is 4.74 Å². The van der Waals surface area contributed by atoms with Crippen molar-refractivity contribution in [3.63, 3.8) is 0 Å². The second-order valence-corrected chi connectivity index (χ2v) is 7.72. The molecule has 3 rings (SSSR count). The van der Waals surface area contributed by atoms with E-state index in [1.807, 2.05) is 45.9 Å². The second-order valence-electron chi connectivity index (χ2n) is 6.52. The summed E-state index contributed by atoms with van der Waals surface area (Å²) in [5.41, 5.74) is 3.91. The molecule has 0 aliphatic heterocycles. The van der Waals surface area contributed by atoms with E-state index in [9.17, 15) is 9.59 Å². The summed E-state index contributed by atoms with van der Waals surface area (Å²) in [7, 11) is 0. The Morgan fingerprint density at radius 2 is 2.00 bits per heavy atom. The summed E-state index contributed by atoms with van der Waals surface area (Å²) in [5.74, 6) is -0.279. The molecule has 0 aliphatic carbocycles. The van der Waals surface area contributed by atoms with Crippen LogP contribution in [-0.2, 0) is 9.53 Å². The normalized spacial score (nSPS) is 11.8. The SMILES string of the molecule is CCOC(=O)/C(=C\c1cc(C)ccc1C)c1nc2sc(C)c(C)c2c(=O)[nH]1. The third kappa shape index (κ3) is 3.71. The lowest BCUT2D eigenvalue weighted by Crippen LogP contribution is -2.15. The van der Waals surface area contributed by atoms with E-state index in [1.54, 1.807) is 13.0 Å². The molecule has 27 heavy (non-hydrogen) atoms. The van der Waals surface area contributed by atoms with Gasteiger partial charge in [-0.2, -0.15) is 0 Å². The Morgan fingerprint density at radius 3 is 2.70 bits per heavy atom. The number of aromatic amines is 1. The first-order valence-corrected chi connectivity index (χ1v) is 9.60. The summed E-state index contributed by atoms with van der Waals surface area (Å²) in [6, 6.07) is 6.00. The minimum atomic E-state index is -0.508. The number of nitrogens with zero attached hydrogens (tertiary/aromatic N) is 1. The van der Waals surface area contributed by atoms with Crippen LogP contribution in [0.25, 0.3) is 21.9 Å². The highest BCUT2D eigenvalue weighted by atomic mass is 32.1. The van der Waals surface area contributed by atoms with Crippen molar-refractivity contribution in [2.45, 2.75) is 34.6 Å². The number of aryl methyl sites for hydroxylation is 4. The number of rotatable bonds is 4. The molecule has 5 nitrogen and oxygen atoms in total. The fourth-order valence-corrected chi connectivity index (χ4v) is 3.92. The highest BCUT2D eigenvalue weighted by molar-refractivity contribution is 7.18. The molecule has 6 heteroatoms. The average molecular weight is 382 g/mol. The van der Waals surface area contributed by atoms with Crippen LogP contribution in [-0.4, -0.2) is 22.5 Å². The fraction of sp³-hybridized carbons (Fsp3) is 0.286. The predicted octanol–water partition coefficient (Wildman–Crippen LogP) is 4.32. The Bertz CT molecular complexity index is 1120. The molecular weight excluding hydrogens is 360 g/mol. The number of benzene rings is 1. The standard InChI is InChI=1S/C21H22N2O3S/c1-6-26-21(25)16(10-15-9-11(2)7-8-12(15)3)18-22-19(24)17-13(4)14(5)27-20(17)23-18/h7-10H,6H2,1-5H3,(H,22,23,24)/b16-10-. The lowest BCUT2D eigenvalue weighted by atomic mass is 10.0. The third-order valence-corrected chi connectivity index (χ3v) is 5.63. The second kappa shape index (κ2) is 7.48. The summed E-state index contributed by atoms with van der Waals surface area (Å²) in [6.45, 7) is 9.82. The Morgan fingerprint density at radius 1 is 1.26 bits per heavy atom. The van der Waals surface area contributed by atoms with E-state index in [1.165, 1.54) is 11.3 Å². The maximum Gasteiger partial charge on any atom is 0.341 e. The van der Waals surface area contributed by atoms with Crippen molar-refractivity contribution in [2.24, 2.45) is 0 Å². The number of fused-ring (bicyclic) bond motifs is 1. The van der Waals surface area contributed by atoms with Crippen molar-refractivity contribution >= 4 is 39.2 Å². The van der Waals surface area contributed by atoms with Crippen molar-refractivity contribution in [1.29, 1.82) is 0 Å². The van der Waals surface area contributed by atoms with E-state index in [0.717, 1.165) is 27.1 Å². The minimum absolute atomic E-state index is 0.230. The molecule has 0 saturated carbocycles. The molecule has 0 amide bonds. The van der Waals surface area contributed by atoms with E-state index >= 15 is 0 Å². The number of aromatic nitrogens is 2. The van der Waals surface area contributed by atoms with Gasteiger partial charge in [-0.1, -0.05) is 23.8 Å². The maximum atomic E-state index is 12.6. The summed E-state index contributed by atoms with van der Waals surface area (Å²) in [4.78, 5) is 34.2. The molecule has 0 atom stereocenters. The fourth-order valence-electron chi connectivity index (χ4n) is 2.89. The minimum Gasteiger partial charge on any atom is -0.462 e. The van der Waals surface area contributed by atoms with Gasteiger partial charge in [-0.25, -0.2) is 9.78 Å². The molecule has 1 N–H and O–H groups in total. The summed E-state index contributed by atoms with van der Waals surface area (Å²) in [6.07, 6.45) is 1.73. The van der Waals surface area contributed by atoms with Crippen LogP contribution >= 0.6 is 11.3 Å². The van der Waals surface area contributed by atoms with Gasteiger partial charge in [0.1, 0.15) is 16.2 Å². The van der Waals surface area contributed by atoms with Crippen LogP contribution in [0.1, 0.15) is 39.9 Å². The van der Waals surface area contributed by atoms with Crippen molar-refractivity contribution in [3.05, 3.63) is 61.5 Å². The number of thiophene rings is 1. The van der Waals surface area contributed by atoms with Crippen molar-refractivity contribution in [3.8, 4) is 0 Å². The quantitative estimate of drug-likeness (QED) is 0.539. The first kappa shape index (κ1) is 19.0. The Balaban J connectivity index is 2.24. The molecular formula is C21H22N2O3S. The smallest absolute Gasteiger partial charge is 0.341 e. The monoisotopic (exact) mass is 382 g/mol. The van der Waals surface area contributed by atoms with Crippen LogP contribution in [0.2, 0.25) is 0 Å².